The van der Waals surface area contributed by atoms with Crippen LogP contribution in [0.4, 0.5) is 0 Å². The Morgan fingerprint density at radius 3 is 2.75 bits per heavy atom. The molecule has 1 aromatic carbocycles. The fourth-order valence-electron chi connectivity index (χ4n) is 1.67. The van der Waals surface area contributed by atoms with E-state index < -0.39 is 5.56 Å². The lowest BCUT2D eigenvalue weighted by Crippen LogP contribution is -2.16. The maximum absolute atomic E-state index is 11.8. The molecule has 1 heterocycles. The van der Waals surface area contributed by atoms with Crippen LogP contribution in [-0.4, -0.2) is 16.2 Å². The van der Waals surface area contributed by atoms with E-state index in [4.69, 9.17) is 28.5 Å². The summed E-state index contributed by atoms with van der Waals surface area (Å²) in [6.07, 6.45) is 2.18. The van der Waals surface area contributed by atoms with Crippen LogP contribution in [0.3, 0.4) is 0 Å². The van der Waals surface area contributed by atoms with Crippen molar-refractivity contribution >= 4 is 35.0 Å². The number of nitriles is 1. The van der Waals surface area contributed by atoms with Crippen LogP contribution in [0.1, 0.15) is 17.0 Å². The minimum Gasteiger partial charge on any atom is -0.309 e. The first kappa shape index (κ1) is 14.9. The van der Waals surface area contributed by atoms with Gasteiger partial charge in [0.15, 0.2) is 0 Å². The molecule has 7 heteroatoms. The van der Waals surface area contributed by atoms with Gasteiger partial charge in [0.05, 0.1) is 10.0 Å². The zero-order valence-electron chi connectivity index (χ0n) is 10.4. The van der Waals surface area contributed by atoms with Gasteiger partial charge in [-0.25, -0.2) is 4.98 Å². The number of rotatable bonds is 3. The van der Waals surface area contributed by atoms with Gasteiger partial charge in [-0.05, 0) is 24.0 Å². The molecule has 1 aromatic heterocycles. The van der Waals surface area contributed by atoms with Gasteiger partial charge in [0.2, 0.25) is 0 Å². The van der Waals surface area contributed by atoms with Gasteiger partial charge in [-0.1, -0.05) is 29.3 Å². The maximum atomic E-state index is 11.8. The van der Waals surface area contributed by atoms with Crippen molar-refractivity contribution < 1.29 is 0 Å². The van der Waals surface area contributed by atoms with Gasteiger partial charge in [0.25, 0.3) is 5.56 Å². The Morgan fingerprint density at radius 2 is 2.15 bits per heavy atom. The van der Waals surface area contributed by atoms with Crippen LogP contribution in [-0.2, 0) is 6.42 Å². The molecule has 20 heavy (non-hydrogen) atoms. The van der Waals surface area contributed by atoms with E-state index in [1.807, 2.05) is 12.1 Å². The van der Waals surface area contributed by atoms with Gasteiger partial charge in [-0.2, -0.15) is 5.26 Å². The highest BCUT2D eigenvalue weighted by molar-refractivity contribution is 7.98. The minimum absolute atomic E-state index is 0.0374. The average molecular weight is 326 g/mol. The molecule has 0 unspecified atom stereocenters. The van der Waals surface area contributed by atoms with Crippen molar-refractivity contribution in [2.75, 3.05) is 6.26 Å². The summed E-state index contributed by atoms with van der Waals surface area (Å²) in [7, 11) is 0. The largest absolute Gasteiger partial charge is 0.309 e. The quantitative estimate of drug-likeness (QED) is 0.694. The van der Waals surface area contributed by atoms with Gasteiger partial charge in [0.1, 0.15) is 22.5 Å². The molecule has 2 aromatic rings. The number of thioether (sulfide) groups is 1. The van der Waals surface area contributed by atoms with E-state index in [-0.39, 0.29) is 5.56 Å². The summed E-state index contributed by atoms with van der Waals surface area (Å²) in [5, 5.41) is 10.3. The Balaban J connectivity index is 2.39. The molecule has 0 radical (unpaired) electrons. The Hall–Kier alpha value is -1.48. The number of benzene rings is 1. The van der Waals surface area contributed by atoms with Crippen molar-refractivity contribution in [1.82, 2.24) is 9.97 Å². The number of halogens is 2. The van der Waals surface area contributed by atoms with Crippen molar-refractivity contribution in [2.24, 2.45) is 0 Å². The molecule has 4 nitrogen and oxygen atoms in total. The van der Waals surface area contributed by atoms with Crippen molar-refractivity contribution in [2.45, 2.75) is 11.4 Å². The highest BCUT2D eigenvalue weighted by Gasteiger charge is 2.11. The van der Waals surface area contributed by atoms with Gasteiger partial charge in [-0.3, -0.25) is 4.79 Å². The molecule has 0 aliphatic carbocycles. The van der Waals surface area contributed by atoms with E-state index in [1.165, 1.54) is 11.8 Å². The zero-order chi connectivity index (χ0) is 14.7. The van der Waals surface area contributed by atoms with Crippen molar-refractivity contribution in [3.8, 4) is 6.07 Å². The topological polar surface area (TPSA) is 69.5 Å². The fraction of sp³-hybridized carbons (Fsp3) is 0.154. The first-order valence-corrected chi connectivity index (χ1v) is 7.54. The second-order valence-electron chi connectivity index (χ2n) is 3.93. The van der Waals surface area contributed by atoms with Crippen LogP contribution in [0.2, 0.25) is 10.0 Å². The molecule has 0 saturated heterocycles. The number of nitrogens with one attached hydrogen (secondary N) is 1. The van der Waals surface area contributed by atoms with E-state index in [0.717, 1.165) is 5.56 Å². The Labute approximate surface area is 129 Å². The summed E-state index contributed by atoms with van der Waals surface area (Å²) in [6.45, 7) is 0. The molecule has 2 rings (SSSR count). The third-order valence-corrected chi connectivity index (χ3v) is 4.02. The van der Waals surface area contributed by atoms with Crippen LogP contribution in [0, 0.1) is 11.3 Å². The van der Waals surface area contributed by atoms with Crippen LogP contribution in [0.5, 0.6) is 0 Å². The third kappa shape index (κ3) is 3.15. The lowest BCUT2D eigenvalue weighted by molar-refractivity contribution is 0.881. The average Bonchev–Trinajstić information content (AvgIpc) is 2.42. The number of hydrogen-bond donors (Lipinski definition) is 1. The van der Waals surface area contributed by atoms with E-state index in [2.05, 4.69) is 9.97 Å². The summed E-state index contributed by atoms with van der Waals surface area (Å²) in [6, 6.07) is 7.08. The van der Waals surface area contributed by atoms with Crippen LogP contribution < -0.4 is 5.56 Å². The molecule has 0 saturated carbocycles. The molecule has 0 aliphatic rings. The molecule has 0 amide bonds. The van der Waals surface area contributed by atoms with E-state index in [0.29, 0.717) is 27.3 Å². The van der Waals surface area contributed by atoms with Gasteiger partial charge < -0.3 is 4.98 Å². The maximum Gasteiger partial charge on any atom is 0.270 e. The third-order valence-electron chi connectivity index (χ3n) is 2.60. The second-order valence-corrected chi connectivity index (χ2v) is 5.54. The molecular formula is C13H9Cl2N3OS. The lowest BCUT2D eigenvalue weighted by atomic mass is 10.1. The number of aromatic nitrogens is 2. The monoisotopic (exact) mass is 325 g/mol. The Morgan fingerprint density at radius 1 is 1.40 bits per heavy atom. The summed E-state index contributed by atoms with van der Waals surface area (Å²) in [5.74, 6) is 0.483. The highest BCUT2D eigenvalue weighted by atomic mass is 35.5. The molecule has 0 atom stereocenters. The fourth-order valence-corrected chi connectivity index (χ4v) is 2.53. The van der Waals surface area contributed by atoms with Crippen LogP contribution >= 0.6 is 35.0 Å². The van der Waals surface area contributed by atoms with Crippen LogP contribution in [0.25, 0.3) is 0 Å². The minimum atomic E-state index is -0.429. The standard InChI is InChI=1S/C13H9Cl2N3OS/c1-20-13-8(6-16)12(19)17-11(18-13)5-7-2-3-9(14)10(15)4-7/h2-4H,5H2,1H3,(H,17,18,19). The number of nitrogens with zero attached hydrogens (tertiary/aromatic N) is 2. The molecular weight excluding hydrogens is 317 g/mol. The summed E-state index contributed by atoms with van der Waals surface area (Å²) < 4.78 is 0. The van der Waals surface area contributed by atoms with Crippen molar-refractivity contribution in [1.29, 1.82) is 5.26 Å². The number of aromatic amines is 1. The second kappa shape index (κ2) is 6.31. The summed E-state index contributed by atoms with van der Waals surface area (Å²) in [4.78, 5) is 18.7. The van der Waals surface area contributed by atoms with Gasteiger partial charge >= 0.3 is 0 Å². The smallest absolute Gasteiger partial charge is 0.270 e. The highest BCUT2D eigenvalue weighted by Crippen LogP contribution is 2.23. The zero-order valence-corrected chi connectivity index (χ0v) is 12.7. The number of hydrogen-bond acceptors (Lipinski definition) is 4. The van der Waals surface area contributed by atoms with E-state index >= 15 is 0 Å². The van der Waals surface area contributed by atoms with E-state index in [9.17, 15) is 4.79 Å². The van der Waals surface area contributed by atoms with Crippen LogP contribution in [0.15, 0.2) is 28.0 Å². The molecule has 0 spiro atoms. The van der Waals surface area contributed by atoms with Gasteiger partial charge in [-0.15, -0.1) is 11.8 Å². The predicted molar refractivity (Wildman–Crippen MR) is 80.6 cm³/mol. The van der Waals surface area contributed by atoms with Gasteiger partial charge in [0, 0.05) is 6.42 Å². The van der Waals surface area contributed by atoms with Crippen molar-refractivity contribution in [3.63, 3.8) is 0 Å². The summed E-state index contributed by atoms with van der Waals surface area (Å²) >= 11 is 13.1. The summed E-state index contributed by atoms with van der Waals surface area (Å²) in [5.41, 5.74) is 0.483. The normalized spacial score (nSPS) is 10.3. The molecule has 1 N–H and O–H groups in total. The predicted octanol–water partition coefficient (Wildman–Crippen LogP) is 3.26. The Kier molecular flexibility index (Phi) is 4.71. The lowest BCUT2D eigenvalue weighted by Gasteiger charge is -2.05. The molecule has 0 aliphatic heterocycles. The Bertz CT molecular complexity index is 752. The first-order chi connectivity index (χ1) is 9.55. The SMILES string of the molecule is CSc1nc(Cc2ccc(Cl)c(Cl)c2)[nH]c(=O)c1C#N. The molecule has 102 valence electrons. The molecule has 0 fully saturated rings. The molecule has 0 bridgehead atoms. The van der Waals surface area contributed by atoms with Crippen molar-refractivity contribution in [3.05, 3.63) is 55.5 Å². The number of H-pyrrole nitrogens is 1. The van der Waals surface area contributed by atoms with E-state index in [1.54, 1.807) is 18.4 Å². The first-order valence-electron chi connectivity index (χ1n) is 5.56.